The van der Waals surface area contributed by atoms with E-state index >= 15 is 0 Å². The summed E-state index contributed by atoms with van der Waals surface area (Å²) in [5.41, 5.74) is 0. The summed E-state index contributed by atoms with van der Waals surface area (Å²) >= 11 is 8.32. The molecule has 0 heterocycles. The lowest BCUT2D eigenvalue weighted by Crippen LogP contribution is -2.00. The molecule has 0 aromatic rings. The molecule has 0 aliphatic heterocycles. The minimum Gasteiger partial charge on any atom is -0.381 e. The van der Waals surface area contributed by atoms with Gasteiger partial charge >= 0.3 is 0 Å². The van der Waals surface area contributed by atoms with E-state index in [4.69, 9.17) is 16.3 Å². The first kappa shape index (κ1) is 10.4. The van der Waals surface area contributed by atoms with Gasteiger partial charge in [-0.2, -0.15) is 0 Å². The third kappa shape index (κ3) is 8.40. The zero-order valence-electron chi connectivity index (χ0n) is 5.61. The number of carbonyl (C=O) groups is 1. The van der Waals surface area contributed by atoms with Crippen LogP contribution in [-0.2, 0) is 9.53 Å². The number of alkyl halides is 1. The number of hydrogen-bond acceptors (Lipinski definition) is 2. The number of ether oxygens (including phenoxy) is 1. The van der Waals surface area contributed by atoms with Crippen molar-refractivity contribution in [3.63, 3.8) is 0 Å². The minimum atomic E-state index is -0.334. The maximum absolute atomic E-state index is 10.2. The van der Waals surface area contributed by atoms with Gasteiger partial charge < -0.3 is 4.74 Å². The van der Waals surface area contributed by atoms with E-state index in [1.54, 1.807) is 0 Å². The van der Waals surface area contributed by atoms with Gasteiger partial charge in [0.2, 0.25) is 5.24 Å². The van der Waals surface area contributed by atoms with Crippen LogP contribution in [0.15, 0.2) is 0 Å². The fourth-order valence-electron chi connectivity index (χ4n) is 0.411. The third-order valence-electron chi connectivity index (χ3n) is 0.865. The molecule has 4 heteroatoms. The Morgan fingerprint density at radius 2 is 2.20 bits per heavy atom. The first-order chi connectivity index (χ1) is 4.77. The second-order valence-corrected chi connectivity index (χ2v) is 2.97. The average Bonchev–Trinajstić information content (AvgIpc) is 1.87. The van der Waals surface area contributed by atoms with E-state index in [0.717, 1.165) is 11.8 Å². The number of halogens is 2. The highest BCUT2D eigenvalue weighted by atomic mass is 79.9. The molecule has 0 unspecified atom stereocenters. The first-order valence-corrected chi connectivity index (χ1v) is 4.59. The molecular formula is C6H10BrClO2. The predicted molar refractivity (Wildman–Crippen MR) is 44.7 cm³/mol. The van der Waals surface area contributed by atoms with E-state index in [-0.39, 0.29) is 5.24 Å². The van der Waals surface area contributed by atoms with Gasteiger partial charge in [-0.3, -0.25) is 4.79 Å². The van der Waals surface area contributed by atoms with Crippen LogP contribution >= 0.6 is 27.5 Å². The van der Waals surface area contributed by atoms with E-state index < -0.39 is 0 Å². The van der Waals surface area contributed by atoms with Crippen LogP contribution < -0.4 is 0 Å². The monoisotopic (exact) mass is 228 g/mol. The van der Waals surface area contributed by atoms with Gasteiger partial charge in [0.1, 0.15) is 0 Å². The van der Waals surface area contributed by atoms with Crippen molar-refractivity contribution in [3.05, 3.63) is 0 Å². The molecule has 0 aromatic carbocycles. The van der Waals surface area contributed by atoms with Crippen LogP contribution in [-0.4, -0.2) is 23.8 Å². The molecule has 0 bridgehead atoms. The highest BCUT2D eigenvalue weighted by Gasteiger charge is 1.94. The quantitative estimate of drug-likeness (QED) is 0.395. The van der Waals surface area contributed by atoms with E-state index in [0.29, 0.717) is 19.6 Å². The molecule has 0 fully saturated rings. The molecule has 0 N–H and O–H groups in total. The zero-order valence-corrected chi connectivity index (χ0v) is 7.95. The summed E-state index contributed by atoms with van der Waals surface area (Å²) in [6.45, 7) is 1.13. The van der Waals surface area contributed by atoms with Crippen LogP contribution in [0.2, 0.25) is 0 Å². The fourth-order valence-corrected chi connectivity index (χ4v) is 0.717. The van der Waals surface area contributed by atoms with Crippen molar-refractivity contribution in [2.75, 3.05) is 18.5 Å². The average molecular weight is 230 g/mol. The van der Waals surface area contributed by atoms with E-state index in [1.807, 2.05) is 0 Å². The van der Waals surface area contributed by atoms with Crippen LogP contribution in [0.5, 0.6) is 0 Å². The Kier molecular flexibility index (Phi) is 7.81. The summed E-state index contributed by atoms with van der Waals surface area (Å²) < 4.78 is 5.05. The largest absolute Gasteiger partial charge is 0.381 e. The molecule has 0 saturated carbocycles. The topological polar surface area (TPSA) is 26.3 Å². The van der Waals surface area contributed by atoms with Crippen molar-refractivity contribution >= 4 is 32.8 Å². The summed E-state index contributed by atoms with van der Waals surface area (Å²) in [5, 5.41) is 0.598. The molecule has 0 radical (unpaired) electrons. The van der Waals surface area contributed by atoms with Gasteiger partial charge in [0, 0.05) is 18.4 Å². The van der Waals surface area contributed by atoms with Crippen LogP contribution in [0, 0.1) is 0 Å². The van der Waals surface area contributed by atoms with Gasteiger partial charge in [-0.25, -0.2) is 0 Å². The summed E-state index contributed by atoms with van der Waals surface area (Å²) in [5.74, 6) is 0. The molecule has 0 rings (SSSR count). The maximum atomic E-state index is 10.2. The van der Waals surface area contributed by atoms with Crippen molar-refractivity contribution in [2.24, 2.45) is 0 Å². The standard InChI is InChI=1S/C6H10BrClO2/c7-3-1-4-10-5-2-6(8)9/h1-5H2. The van der Waals surface area contributed by atoms with Gasteiger partial charge in [-0.15, -0.1) is 0 Å². The highest BCUT2D eigenvalue weighted by Crippen LogP contribution is 1.92. The van der Waals surface area contributed by atoms with Crippen LogP contribution in [0.25, 0.3) is 0 Å². The molecule has 60 valence electrons. The number of carbonyl (C=O) groups excluding carboxylic acids is 1. The normalized spacial score (nSPS) is 9.80. The summed E-state index contributed by atoms with van der Waals surface area (Å²) in [6, 6.07) is 0. The minimum absolute atomic E-state index is 0.309. The van der Waals surface area contributed by atoms with Crippen molar-refractivity contribution in [1.29, 1.82) is 0 Å². The Labute approximate surface area is 74.0 Å². The van der Waals surface area contributed by atoms with E-state index in [2.05, 4.69) is 15.9 Å². The van der Waals surface area contributed by atoms with Crippen LogP contribution in [0.3, 0.4) is 0 Å². The third-order valence-corrected chi connectivity index (χ3v) is 1.61. The second kappa shape index (κ2) is 7.51. The van der Waals surface area contributed by atoms with Gasteiger partial charge in [0.25, 0.3) is 0 Å². The molecule has 0 saturated heterocycles. The van der Waals surface area contributed by atoms with Crippen molar-refractivity contribution < 1.29 is 9.53 Å². The maximum Gasteiger partial charge on any atom is 0.223 e. The van der Waals surface area contributed by atoms with Gasteiger partial charge in [0.15, 0.2) is 0 Å². The second-order valence-electron chi connectivity index (χ2n) is 1.76. The Morgan fingerprint density at radius 1 is 1.50 bits per heavy atom. The molecule has 0 aliphatic carbocycles. The van der Waals surface area contributed by atoms with Crippen molar-refractivity contribution in [3.8, 4) is 0 Å². The Bertz CT molecular complexity index is 97.7. The fraction of sp³-hybridized carbons (Fsp3) is 0.833. The number of rotatable bonds is 6. The van der Waals surface area contributed by atoms with Gasteiger partial charge in [-0.1, -0.05) is 15.9 Å². The predicted octanol–water partition coefficient (Wildman–Crippen LogP) is 1.94. The summed E-state index contributed by atoms with van der Waals surface area (Å²) in [6.07, 6.45) is 1.28. The lowest BCUT2D eigenvalue weighted by molar-refractivity contribution is -0.112. The SMILES string of the molecule is O=C(Cl)CCOCCCBr. The Balaban J connectivity index is 2.84. The van der Waals surface area contributed by atoms with E-state index in [1.165, 1.54) is 0 Å². The summed E-state index contributed by atoms with van der Waals surface area (Å²) in [4.78, 5) is 10.2. The van der Waals surface area contributed by atoms with Gasteiger partial charge in [0.05, 0.1) is 6.61 Å². The molecule has 0 atom stereocenters. The first-order valence-electron chi connectivity index (χ1n) is 3.09. The Hall–Kier alpha value is 0.400. The lowest BCUT2D eigenvalue weighted by Gasteiger charge is -1.98. The number of hydrogen-bond donors (Lipinski definition) is 0. The molecular weight excluding hydrogens is 219 g/mol. The van der Waals surface area contributed by atoms with Gasteiger partial charge in [-0.05, 0) is 18.0 Å². The molecule has 0 amide bonds. The lowest BCUT2D eigenvalue weighted by atomic mass is 10.5. The molecule has 0 aromatic heterocycles. The molecule has 10 heavy (non-hydrogen) atoms. The summed E-state index contributed by atoms with van der Waals surface area (Å²) in [7, 11) is 0. The zero-order chi connectivity index (χ0) is 7.82. The van der Waals surface area contributed by atoms with Crippen molar-refractivity contribution in [2.45, 2.75) is 12.8 Å². The Morgan fingerprint density at radius 3 is 2.70 bits per heavy atom. The molecule has 0 spiro atoms. The van der Waals surface area contributed by atoms with Crippen molar-refractivity contribution in [1.82, 2.24) is 0 Å². The molecule has 0 aliphatic rings. The van der Waals surface area contributed by atoms with E-state index in [9.17, 15) is 4.79 Å². The molecule has 2 nitrogen and oxygen atoms in total. The van der Waals surface area contributed by atoms with Crippen LogP contribution in [0.1, 0.15) is 12.8 Å². The smallest absolute Gasteiger partial charge is 0.223 e. The van der Waals surface area contributed by atoms with Crippen LogP contribution in [0.4, 0.5) is 0 Å². The highest BCUT2D eigenvalue weighted by molar-refractivity contribution is 9.09.